The molecule has 0 fully saturated rings. The molecular formula is C20H25F5OS. The van der Waals surface area contributed by atoms with E-state index < -0.39 is 15.1 Å². The summed E-state index contributed by atoms with van der Waals surface area (Å²) in [6.07, 6.45) is 7.11. The van der Waals surface area contributed by atoms with E-state index in [1.54, 1.807) is 0 Å². The molecule has 0 saturated heterocycles. The third-order valence-electron chi connectivity index (χ3n) is 4.27. The van der Waals surface area contributed by atoms with Crippen molar-refractivity contribution in [2.75, 3.05) is 0 Å². The highest BCUT2D eigenvalue weighted by Gasteiger charge is 2.65. The van der Waals surface area contributed by atoms with Crippen LogP contribution in [0.2, 0.25) is 0 Å². The van der Waals surface area contributed by atoms with Crippen LogP contribution in [-0.4, -0.2) is 0 Å². The number of rotatable bonds is 10. The topological polar surface area (TPSA) is 9.23 Å². The molecule has 0 aliphatic rings. The van der Waals surface area contributed by atoms with Gasteiger partial charge in [0.2, 0.25) is 0 Å². The van der Waals surface area contributed by atoms with Gasteiger partial charge >= 0.3 is 10.2 Å². The summed E-state index contributed by atoms with van der Waals surface area (Å²) in [6.45, 7) is 2.34. The minimum absolute atomic E-state index is 0.112. The highest BCUT2D eigenvalue weighted by Crippen LogP contribution is 3.02. The highest BCUT2D eigenvalue weighted by atomic mass is 32.5. The summed E-state index contributed by atoms with van der Waals surface area (Å²) in [5.41, 5.74) is 2.09. The molecule has 0 saturated carbocycles. The molecule has 0 atom stereocenters. The van der Waals surface area contributed by atoms with Crippen molar-refractivity contribution in [1.29, 1.82) is 0 Å². The molecule has 0 aromatic heterocycles. The van der Waals surface area contributed by atoms with E-state index in [4.69, 9.17) is 4.74 Å². The molecule has 0 spiro atoms. The van der Waals surface area contributed by atoms with E-state index in [2.05, 4.69) is 6.92 Å². The van der Waals surface area contributed by atoms with Gasteiger partial charge in [0, 0.05) is 0 Å². The summed E-state index contributed by atoms with van der Waals surface area (Å²) in [6, 6.07) is 10.4. The van der Waals surface area contributed by atoms with E-state index in [1.165, 1.54) is 31.2 Å². The summed E-state index contributed by atoms with van der Waals surface area (Å²) in [5.74, 6) is 0.112. The normalized spacial score (nSPS) is 14.4. The lowest BCUT2D eigenvalue weighted by atomic mass is 10.0. The molecule has 0 N–H and O–H groups in total. The van der Waals surface area contributed by atoms with E-state index in [0.29, 0.717) is 12.1 Å². The lowest BCUT2D eigenvalue weighted by molar-refractivity contribution is 0.305. The van der Waals surface area contributed by atoms with Crippen LogP contribution < -0.4 is 4.74 Å². The van der Waals surface area contributed by atoms with Crippen LogP contribution in [0.3, 0.4) is 0 Å². The molecule has 0 amide bonds. The lowest BCUT2D eigenvalue weighted by Crippen LogP contribution is -2.05. The van der Waals surface area contributed by atoms with E-state index in [0.717, 1.165) is 30.5 Å². The zero-order valence-electron chi connectivity index (χ0n) is 15.3. The van der Waals surface area contributed by atoms with Crippen LogP contribution in [-0.2, 0) is 13.0 Å². The monoisotopic (exact) mass is 408 g/mol. The fourth-order valence-corrected chi connectivity index (χ4v) is 3.34. The Morgan fingerprint density at radius 1 is 0.704 bits per heavy atom. The Labute approximate surface area is 157 Å². The van der Waals surface area contributed by atoms with Crippen molar-refractivity contribution in [2.45, 2.75) is 57.0 Å². The van der Waals surface area contributed by atoms with Crippen LogP contribution in [0.15, 0.2) is 53.4 Å². The summed E-state index contributed by atoms with van der Waals surface area (Å²) < 4.78 is 68.8. The Hall–Kier alpha value is -1.76. The third kappa shape index (κ3) is 7.40. The molecule has 7 heteroatoms. The molecule has 2 aromatic carbocycles. The van der Waals surface area contributed by atoms with Gasteiger partial charge in [0.1, 0.15) is 17.3 Å². The molecule has 2 aromatic rings. The number of ether oxygens (including phenoxy) is 1. The van der Waals surface area contributed by atoms with Gasteiger partial charge < -0.3 is 4.74 Å². The molecule has 0 heterocycles. The SMILES string of the molecule is CCCCCCCc1ccc(COc2ccc(S(F)(F)(F)(F)F)cc2)cc1. The summed E-state index contributed by atoms with van der Waals surface area (Å²) in [4.78, 5) is -1.91. The average molecular weight is 408 g/mol. The maximum absolute atomic E-state index is 12.7. The number of hydrogen-bond acceptors (Lipinski definition) is 1. The highest BCUT2D eigenvalue weighted by molar-refractivity contribution is 8.45. The molecule has 2 rings (SSSR count). The zero-order valence-corrected chi connectivity index (χ0v) is 16.1. The fourth-order valence-electron chi connectivity index (χ4n) is 2.69. The first kappa shape index (κ1) is 21.5. The average Bonchev–Trinajstić information content (AvgIpc) is 2.59. The largest absolute Gasteiger partial charge is 0.489 e. The summed E-state index contributed by atoms with van der Waals surface area (Å²) >= 11 is 0. The maximum atomic E-state index is 12.7. The maximum Gasteiger partial charge on any atom is 0.310 e. The van der Waals surface area contributed by atoms with Gasteiger partial charge in [0.25, 0.3) is 0 Å². The number of benzene rings is 2. The van der Waals surface area contributed by atoms with Crippen LogP contribution in [0, 0.1) is 0 Å². The molecule has 0 bridgehead atoms. The number of aryl methyl sites for hydroxylation is 1. The number of halogens is 5. The van der Waals surface area contributed by atoms with Crippen molar-refractivity contribution in [3.05, 3.63) is 59.7 Å². The molecule has 0 unspecified atom stereocenters. The minimum Gasteiger partial charge on any atom is -0.489 e. The second kappa shape index (κ2) is 7.70. The third-order valence-corrected chi connectivity index (χ3v) is 5.43. The smallest absolute Gasteiger partial charge is 0.310 e. The van der Waals surface area contributed by atoms with Gasteiger partial charge in [-0.3, -0.25) is 0 Å². The molecule has 0 aliphatic heterocycles. The molecule has 0 radical (unpaired) electrons. The van der Waals surface area contributed by atoms with Crippen LogP contribution in [0.1, 0.15) is 50.2 Å². The van der Waals surface area contributed by atoms with Gasteiger partial charge in [-0.2, -0.15) is 0 Å². The first-order chi connectivity index (χ1) is 12.5. The van der Waals surface area contributed by atoms with Gasteiger partial charge in [0.15, 0.2) is 0 Å². The van der Waals surface area contributed by atoms with E-state index in [-0.39, 0.29) is 12.4 Å². The van der Waals surface area contributed by atoms with Crippen molar-refractivity contribution in [3.8, 4) is 5.75 Å². The molecule has 152 valence electrons. The van der Waals surface area contributed by atoms with Crippen molar-refractivity contribution in [3.63, 3.8) is 0 Å². The van der Waals surface area contributed by atoms with Crippen LogP contribution in [0.5, 0.6) is 5.75 Å². The van der Waals surface area contributed by atoms with Gasteiger partial charge in [-0.25, -0.2) is 0 Å². The summed E-state index contributed by atoms with van der Waals surface area (Å²) in [5, 5.41) is 0. The lowest BCUT2D eigenvalue weighted by Gasteiger charge is -2.40. The van der Waals surface area contributed by atoms with E-state index in [9.17, 15) is 19.4 Å². The number of unbranched alkanes of at least 4 members (excludes halogenated alkanes) is 4. The molecular weight excluding hydrogens is 383 g/mol. The van der Waals surface area contributed by atoms with Crippen LogP contribution in [0.4, 0.5) is 19.4 Å². The van der Waals surface area contributed by atoms with Gasteiger partial charge in [0.05, 0.1) is 0 Å². The van der Waals surface area contributed by atoms with Gasteiger partial charge in [-0.15, -0.1) is 0 Å². The first-order valence-corrected chi connectivity index (χ1v) is 11.0. The second-order valence-corrected chi connectivity index (χ2v) is 9.12. The standard InChI is InChI=1S/C20H25F5OS/c1-2-3-4-5-6-7-17-8-10-18(11-9-17)16-26-19-12-14-20(15-13-19)27(21,22,23,24)25/h8-15H,2-7,16H2,1H3. The first-order valence-electron chi connectivity index (χ1n) is 9.03. The Bertz CT molecular complexity index is 724. The predicted octanol–water partition coefficient (Wildman–Crippen LogP) is 8.44. The van der Waals surface area contributed by atoms with Gasteiger partial charge in [-0.1, -0.05) is 76.3 Å². The van der Waals surface area contributed by atoms with Crippen molar-refractivity contribution in [1.82, 2.24) is 0 Å². The molecule has 0 aliphatic carbocycles. The Balaban J connectivity index is 1.85. The number of hydrogen-bond donors (Lipinski definition) is 0. The van der Waals surface area contributed by atoms with Crippen molar-refractivity contribution in [2.24, 2.45) is 0 Å². The van der Waals surface area contributed by atoms with Crippen molar-refractivity contribution >= 4 is 10.2 Å². The Kier molecular flexibility index (Phi) is 6.14. The van der Waals surface area contributed by atoms with Crippen LogP contribution >= 0.6 is 10.2 Å². The quantitative estimate of drug-likeness (QED) is 0.283. The second-order valence-electron chi connectivity index (χ2n) is 6.71. The summed E-state index contributed by atoms with van der Waals surface area (Å²) in [7, 11) is -9.63. The fraction of sp³-hybridized carbons (Fsp3) is 0.400. The Morgan fingerprint density at radius 3 is 1.81 bits per heavy atom. The van der Waals surface area contributed by atoms with E-state index >= 15 is 0 Å². The van der Waals surface area contributed by atoms with Crippen LogP contribution in [0.25, 0.3) is 0 Å². The minimum atomic E-state index is -9.63. The predicted molar refractivity (Wildman–Crippen MR) is 101 cm³/mol. The van der Waals surface area contributed by atoms with Crippen molar-refractivity contribution < 1.29 is 24.2 Å². The Morgan fingerprint density at radius 2 is 1.26 bits per heavy atom. The molecule has 1 nitrogen and oxygen atoms in total. The zero-order chi connectivity index (χ0) is 20.0. The van der Waals surface area contributed by atoms with Gasteiger partial charge in [-0.05, 0) is 48.2 Å². The molecule has 27 heavy (non-hydrogen) atoms. The van der Waals surface area contributed by atoms with E-state index in [1.807, 2.05) is 24.3 Å².